The van der Waals surface area contributed by atoms with Gasteiger partial charge < -0.3 is 0 Å². The molecule has 4 rings (SSSR count). The number of hydrogen-bond donors (Lipinski definition) is 2. The minimum atomic E-state index is -3.89. The molecular weight excluding hydrogens is 386 g/mol. The SMILES string of the molecule is Cc1ccccc1-c1n[nH]c(=O)c2cc(S(=O)(=O)Nc3ncns3)ccc12. The van der Waals surface area contributed by atoms with Crippen molar-refractivity contribution in [3.8, 4) is 11.3 Å². The number of benzene rings is 2. The van der Waals surface area contributed by atoms with E-state index in [0.29, 0.717) is 11.1 Å². The van der Waals surface area contributed by atoms with Crippen molar-refractivity contribution >= 4 is 37.5 Å². The molecular formula is C17H13N5O3S2. The summed E-state index contributed by atoms with van der Waals surface area (Å²) in [5.41, 5.74) is 1.98. The summed E-state index contributed by atoms with van der Waals surface area (Å²) in [5, 5.41) is 7.59. The summed E-state index contributed by atoms with van der Waals surface area (Å²) in [6, 6.07) is 12.0. The van der Waals surface area contributed by atoms with Crippen LogP contribution < -0.4 is 10.3 Å². The molecule has 2 N–H and O–H groups in total. The first kappa shape index (κ1) is 17.3. The van der Waals surface area contributed by atoms with Crippen LogP contribution in [0.1, 0.15) is 5.56 Å². The van der Waals surface area contributed by atoms with Gasteiger partial charge in [-0.05, 0) is 24.6 Å². The fraction of sp³-hybridized carbons (Fsp3) is 0.0588. The number of H-pyrrole nitrogens is 1. The van der Waals surface area contributed by atoms with Crippen LogP contribution in [0.15, 0.2) is 58.5 Å². The highest BCUT2D eigenvalue weighted by molar-refractivity contribution is 7.93. The number of nitrogens with one attached hydrogen (secondary N) is 2. The first-order valence-electron chi connectivity index (χ1n) is 7.84. The third-order valence-electron chi connectivity index (χ3n) is 4.05. The molecule has 0 unspecified atom stereocenters. The summed E-state index contributed by atoms with van der Waals surface area (Å²) < 4.78 is 31.2. The van der Waals surface area contributed by atoms with Crippen LogP contribution in [0.4, 0.5) is 5.13 Å². The molecule has 0 radical (unpaired) electrons. The zero-order chi connectivity index (χ0) is 19.0. The number of sulfonamides is 1. The van der Waals surface area contributed by atoms with Crippen LogP contribution in [0.3, 0.4) is 0 Å². The Bertz CT molecular complexity index is 1300. The number of aromatic amines is 1. The van der Waals surface area contributed by atoms with Crippen LogP contribution in [-0.4, -0.2) is 28.0 Å². The monoisotopic (exact) mass is 399 g/mol. The Morgan fingerprint density at radius 1 is 1.11 bits per heavy atom. The average molecular weight is 399 g/mol. The summed E-state index contributed by atoms with van der Waals surface area (Å²) in [7, 11) is -3.89. The molecule has 0 aliphatic heterocycles. The first-order chi connectivity index (χ1) is 13.0. The lowest BCUT2D eigenvalue weighted by Crippen LogP contribution is -2.15. The summed E-state index contributed by atoms with van der Waals surface area (Å²) in [6.45, 7) is 1.94. The van der Waals surface area contributed by atoms with Gasteiger partial charge in [0.1, 0.15) is 6.33 Å². The van der Waals surface area contributed by atoms with Crippen LogP contribution in [0.2, 0.25) is 0 Å². The fourth-order valence-corrected chi connectivity index (χ4v) is 4.44. The van der Waals surface area contributed by atoms with Gasteiger partial charge in [0.05, 0.1) is 16.0 Å². The highest BCUT2D eigenvalue weighted by Crippen LogP contribution is 2.28. The molecule has 0 fully saturated rings. The summed E-state index contributed by atoms with van der Waals surface area (Å²) in [6.07, 6.45) is 1.26. The Morgan fingerprint density at radius 2 is 1.93 bits per heavy atom. The van der Waals surface area contributed by atoms with Crippen LogP contribution in [0, 0.1) is 6.92 Å². The van der Waals surface area contributed by atoms with Gasteiger partial charge in [-0.2, -0.15) is 9.47 Å². The molecule has 136 valence electrons. The molecule has 0 amide bonds. The molecule has 27 heavy (non-hydrogen) atoms. The highest BCUT2D eigenvalue weighted by Gasteiger charge is 2.19. The molecule has 0 bridgehead atoms. The topological polar surface area (TPSA) is 118 Å². The van der Waals surface area contributed by atoms with Crippen LogP contribution in [0.25, 0.3) is 22.0 Å². The molecule has 4 aromatic rings. The van der Waals surface area contributed by atoms with Crippen LogP contribution >= 0.6 is 11.5 Å². The van der Waals surface area contributed by atoms with E-state index in [0.717, 1.165) is 22.7 Å². The van der Waals surface area contributed by atoms with Gasteiger partial charge in [-0.15, -0.1) is 0 Å². The maximum atomic E-state index is 12.6. The van der Waals surface area contributed by atoms with Gasteiger partial charge in [0.15, 0.2) is 0 Å². The van der Waals surface area contributed by atoms with Gasteiger partial charge in [0.25, 0.3) is 15.6 Å². The van der Waals surface area contributed by atoms with Gasteiger partial charge in [-0.3, -0.25) is 9.52 Å². The molecule has 2 aromatic carbocycles. The second kappa shape index (κ2) is 6.56. The Morgan fingerprint density at radius 3 is 2.67 bits per heavy atom. The molecule has 0 saturated carbocycles. The normalized spacial score (nSPS) is 11.6. The van der Waals surface area contributed by atoms with Crippen molar-refractivity contribution in [3.05, 3.63) is 64.7 Å². The molecule has 0 spiro atoms. The van der Waals surface area contributed by atoms with Crippen molar-refractivity contribution < 1.29 is 8.42 Å². The maximum absolute atomic E-state index is 12.6. The Hall–Kier alpha value is -3.11. The predicted molar refractivity (Wildman–Crippen MR) is 103 cm³/mol. The predicted octanol–water partition coefficient (Wildman–Crippen LogP) is 2.55. The molecule has 2 heterocycles. The number of nitrogens with zero attached hydrogens (tertiary/aromatic N) is 3. The Balaban J connectivity index is 1.88. The van der Waals surface area contributed by atoms with E-state index in [9.17, 15) is 13.2 Å². The molecule has 10 heteroatoms. The second-order valence-electron chi connectivity index (χ2n) is 5.78. The zero-order valence-electron chi connectivity index (χ0n) is 14.0. The van der Waals surface area contributed by atoms with Gasteiger partial charge in [-0.1, -0.05) is 30.3 Å². The van der Waals surface area contributed by atoms with E-state index in [1.165, 1.54) is 18.5 Å². The minimum Gasteiger partial charge on any atom is -0.267 e. The van der Waals surface area contributed by atoms with E-state index < -0.39 is 15.6 Å². The lowest BCUT2D eigenvalue weighted by Gasteiger charge is -2.10. The number of fused-ring (bicyclic) bond motifs is 1. The molecule has 0 saturated heterocycles. The quantitative estimate of drug-likeness (QED) is 0.544. The third-order valence-corrected chi connectivity index (χ3v) is 6.10. The number of rotatable bonds is 4. The van der Waals surface area contributed by atoms with E-state index in [1.54, 1.807) is 6.07 Å². The van der Waals surface area contributed by atoms with Crippen molar-refractivity contribution in [2.45, 2.75) is 11.8 Å². The summed E-state index contributed by atoms with van der Waals surface area (Å²) in [5.74, 6) is 0. The van der Waals surface area contributed by atoms with Crippen molar-refractivity contribution in [1.29, 1.82) is 0 Å². The van der Waals surface area contributed by atoms with Gasteiger partial charge in [0.2, 0.25) is 5.13 Å². The Kier molecular flexibility index (Phi) is 4.21. The number of hydrogen-bond acceptors (Lipinski definition) is 7. The summed E-state index contributed by atoms with van der Waals surface area (Å²) >= 11 is 0.923. The van der Waals surface area contributed by atoms with Crippen molar-refractivity contribution in [3.63, 3.8) is 0 Å². The van der Waals surface area contributed by atoms with E-state index in [-0.39, 0.29) is 15.4 Å². The van der Waals surface area contributed by atoms with Crippen molar-refractivity contribution in [2.75, 3.05) is 4.72 Å². The first-order valence-corrected chi connectivity index (χ1v) is 10.1. The number of aryl methyl sites for hydroxylation is 1. The third kappa shape index (κ3) is 3.20. The van der Waals surface area contributed by atoms with Gasteiger partial charge >= 0.3 is 0 Å². The lowest BCUT2D eigenvalue weighted by atomic mass is 10.0. The van der Waals surface area contributed by atoms with Crippen molar-refractivity contribution in [2.24, 2.45) is 0 Å². The molecule has 0 aliphatic carbocycles. The van der Waals surface area contributed by atoms with E-state index in [2.05, 4.69) is 24.3 Å². The van der Waals surface area contributed by atoms with Crippen LogP contribution in [0.5, 0.6) is 0 Å². The second-order valence-corrected chi connectivity index (χ2v) is 8.24. The van der Waals surface area contributed by atoms with Crippen molar-refractivity contribution in [1.82, 2.24) is 19.6 Å². The maximum Gasteiger partial charge on any atom is 0.272 e. The highest BCUT2D eigenvalue weighted by atomic mass is 32.2. The van der Waals surface area contributed by atoms with E-state index >= 15 is 0 Å². The molecule has 8 nitrogen and oxygen atoms in total. The van der Waals surface area contributed by atoms with E-state index in [1.807, 2.05) is 31.2 Å². The Labute approximate surface area is 158 Å². The largest absolute Gasteiger partial charge is 0.272 e. The molecule has 0 aliphatic rings. The standard InChI is InChI=1S/C17H13N5O3S2/c1-10-4-2-3-5-12(10)15-13-7-6-11(8-14(13)16(23)21-20-15)27(24,25)22-17-18-9-19-26-17/h2-9H,1H3,(H,21,23)(H,18,19,22). The average Bonchev–Trinajstić information content (AvgIpc) is 3.15. The number of anilines is 1. The van der Waals surface area contributed by atoms with Gasteiger partial charge in [0, 0.05) is 22.5 Å². The van der Waals surface area contributed by atoms with Gasteiger partial charge in [-0.25, -0.2) is 18.5 Å². The zero-order valence-corrected chi connectivity index (χ0v) is 15.6. The number of aromatic nitrogens is 4. The molecule has 0 atom stereocenters. The smallest absolute Gasteiger partial charge is 0.267 e. The molecule has 2 aromatic heterocycles. The van der Waals surface area contributed by atoms with E-state index in [4.69, 9.17) is 0 Å². The minimum absolute atomic E-state index is 0.0439. The fourth-order valence-electron chi connectivity index (χ4n) is 2.75. The van der Waals surface area contributed by atoms with Crippen LogP contribution in [-0.2, 0) is 10.0 Å². The summed E-state index contributed by atoms with van der Waals surface area (Å²) in [4.78, 5) is 16.1. The lowest BCUT2D eigenvalue weighted by molar-refractivity contribution is 0.601.